The molecule has 9 heteroatoms. The summed E-state index contributed by atoms with van der Waals surface area (Å²) in [5.74, 6) is 1.36. The first-order valence-corrected chi connectivity index (χ1v) is 11.7. The number of pyridine rings is 1. The molecule has 3 heterocycles. The second-order valence-electron chi connectivity index (χ2n) is 8.13. The lowest BCUT2D eigenvalue weighted by molar-refractivity contribution is 0.242. The third kappa shape index (κ3) is 3.33. The van der Waals surface area contributed by atoms with Crippen molar-refractivity contribution in [2.24, 2.45) is 5.41 Å². The molecular formula is C21H21ClN4O3S. The largest absolute Gasteiger partial charge is 0.339 e. The summed E-state index contributed by atoms with van der Waals surface area (Å²) in [5, 5.41) is 4.52. The standard InChI is InChI=1S/C21H21ClN4O3S/c1-14-4-5-16(22)11-18(14)30(27,28)26-9-6-21(7-10-26)12-17(21)20-24-19(25-29-20)15-3-2-8-23-13-15/h2-5,8,11,13,17H,6-7,9-10,12H2,1H3/t17-/m1/s1. The maximum absolute atomic E-state index is 13.1. The molecule has 1 aliphatic carbocycles. The smallest absolute Gasteiger partial charge is 0.243 e. The normalized spacial score (nSPS) is 21.1. The highest BCUT2D eigenvalue weighted by Crippen LogP contribution is 2.64. The molecular weight excluding hydrogens is 424 g/mol. The van der Waals surface area contributed by atoms with Crippen LogP contribution < -0.4 is 0 Å². The molecule has 0 N–H and O–H groups in total. The van der Waals surface area contributed by atoms with E-state index < -0.39 is 10.0 Å². The van der Waals surface area contributed by atoms with Gasteiger partial charge in [0.2, 0.25) is 21.7 Å². The highest BCUT2D eigenvalue weighted by Gasteiger charge is 2.59. The van der Waals surface area contributed by atoms with Crippen molar-refractivity contribution in [2.75, 3.05) is 13.1 Å². The number of hydrogen-bond acceptors (Lipinski definition) is 6. The van der Waals surface area contributed by atoms with Crippen molar-refractivity contribution >= 4 is 21.6 Å². The van der Waals surface area contributed by atoms with Gasteiger partial charge in [-0.05, 0) is 61.4 Å². The minimum absolute atomic E-state index is 0.0497. The van der Waals surface area contributed by atoms with Gasteiger partial charge in [-0.1, -0.05) is 22.8 Å². The minimum Gasteiger partial charge on any atom is -0.339 e. The summed E-state index contributed by atoms with van der Waals surface area (Å²) in [4.78, 5) is 8.94. The molecule has 156 valence electrons. The van der Waals surface area contributed by atoms with E-state index in [2.05, 4.69) is 15.1 Å². The monoisotopic (exact) mass is 444 g/mol. The molecule has 0 radical (unpaired) electrons. The highest BCUT2D eigenvalue weighted by atomic mass is 35.5. The van der Waals surface area contributed by atoms with Crippen LogP contribution in [-0.4, -0.2) is 40.9 Å². The molecule has 0 amide bonds. The summed E-state index contributed by atoms with van der Waals surface area (Å²) in [6.07, 6.45) is 5.92. The average Bonchev–Trinajstić information content (AvgIpc) is 3.21. The second kappa shape index (κ2) is 7.14. The Bertz CT molecular complexity index is 1190. The fourth-order valence-corrected chi connectivity index (χ4v) is 6.33. The third-order valence-corrected chi connectivity index (χ3v) is 8.61. The Morgan fingerprint density at radius 3 is 2.77 bits per heavy atom. The Hall–Kier alpha value is -2.29. The van der Waals surface area contributed by atoms with Crippen LogP contribution in [0.5, 0.6) is 0 Å². The number of sulfonamides is 1. The van der Waals surface area contributed by atoms with E-state index in [9.17, 15) is 8.42 Å². The molecule has 2 fully saturated rings. The molecule has 2 aromatic heterocycles. The van der Waals surface area contributed by atoms with Crippen LogP contribution >= 0.6 is 11.6 Å². The van der Waals surface area contributed by atoms with Crippen molar-refractivity contribution in [1.29, 1.82) is 0 Å². The number of aryl methyl sites for hydroxylation is 1. The molecule has 1 saturated carbocycles. The zero-order valence-electron chi connectivity index (χ0n) is 16.5. The summed E-state index contributed by atoms with van der Waals surface area (Å²) in [7, 11) is -3.56. The summed E-state index contributed by atoms with van der Waals surface area (Å²) < 4.78 is 33.3. The summed E-state index contributed by atoms with van der Waals surface area (Å²) in [6.45, 7) is 2.75. The van der Waals surface area contributed by atoms with E-state index in [4.69, 9.17) is 16.1 Å². The van der Waals surface area contributed by atoms with Crippen molar-refractivity contribution in [3.63, 3.8) is 0 Å². The van der Waals surface area contributed by atoms with Crippen LogP contribution in [0.2, 0.25) is 5.02 Å². The highest BCUT2D eigenvalue weighted by molar-refractivity contribution is 7.89. The van der Waals surface area contributed by atoms with Gasteiger partial charge in [0.05, 0.1) is 4.90 Å². The number of nitrogens with zero attached hydrogens (tertiary/aromatic N) is 4. The molecule has 1 saturated heterocycles. The van der Waals surface area contributed by atoms with Gasteiger partial charge >= 0.3 is 0 Å². The summed E-state index contributed by atoms with van der Waals surface area (Å²) in [5.41, 5.74) is 1.58. The van der Waals surface area contributed by atoms with E-state index in [-0.39, 0.29) is 16.2 Å². The van der Waals surface area contributed by atoms with E-state index >= 15 is 0 Å². The van der Waals surface area contributed by atoms with E-state index in [0.717, 1.165) is 24.8 Å². The fraction of sp³-hybridized carbons (Fsp3) is 0.381. The SMILES string of the molecule is Cc1ccc(Cl)cc1S(=O)(=O)N1CCC2(CC1)C[C@@H]2c1nc(-c2cccnc2)no1. The van der Waals surface area contributed by atoms with Crippen LogP contribution in [0, 0.1) is 12.3 Å². The van der Waals surface area contributed by atoms with Crippen LogP contribution in [0.4, 0.5) is 0 Å². The van der Waals surface area contributed by atoms with Crippen molar-refractivity contribution in [2.45, 2.75) is 37.0 Å². The average molecular weight is 445 g/mol. The van der Waals surface area contributed by atoms with Crippen LogP contribution in [0.3, 0.4) is 0 Å². The number of benzene rings is 1. The molecule has 5 rings (SSSR count). The molecule has 1 atom stereocenters. The van der Waals surface area contributed by atoms with Crippen molar-refractivity contribution < 1.29 is 12.9 Å². The zero-order chi connectivity index (χ0) is 20.9. The molecule has 1 spiro atoms. The first kappa shape index (κ1) is 19.7. The topological polar surface area (TPSA) is 89.2 Å². The Balaban J connectivity index is 1.29. The Kier molecular flexibility index (Phi) is 4.68. The quantitative estimate of drug-likeness (QED) is 0.603. The van der Waals surface area contributed by atoms with E-state index in [1.54, 1.807) is 35.8 Å². The molecule has 3 aromatic rings. The maximum Gasteiger partial charge on any atom is 0.243 e. The molecule has 2 aliphatic rings. The third-order valence-electron chi connectivity index (χ3n) is 6.34. The van der Waals surface area contributed by atoms with Gasteiger partial charge in [-0.3, -0.25) is 4.98 Å². The Labute approximate surface area is 180 Å². The molecule has 0 bridgehead atoms. The molecule has 1 aromatic carbocycles. The van der Waals surface area contributed by atoms with Gasteiger partial charge in [0.25, 0.3) is 0 Å². The Morgan fingerprint density at radius 1 is 1.23 bits per heavy atom. The second-order valence-corrected chi connectivity index (χ2v) is 10.5. The predicted octanol–water partition coefficient (Wildman–Crippen LogP) is 4.05. The molecule has 7 nitrogen and oxygen atoms in total. The first-order chi connectivity index (χ1) is 14.4. The number of rotatable bonds is 4. The van der Waals surface area contributed by atoms with Gasteiger partial charge in [0.15, 0.2) is 0 Å². The first-order valence-electron chi connectivity index (χ1n) is 9.89. The van der Waals surface area contributed by atoms with Crippen LogP contribution in [-0.2, 0) is 10.0 Å². The van der Waals surface area contributed by atoms with Gasteiger partial charge in [-0.25, -0.2) is 8.42 Å². The maximum atomic E-state index is 13.1. The fourth-order valence-electron chi connectivity index (χ4n) is 4.40. The molecule has 1 aliphatic heterocycles. The number of piperidine rings is 1. The summed E-state index contributed by atoms with van der Waals surface area (Å²) in [6, 6.07) is 8.72. The lowest BCUT2D eigenvalue weighted by atomic mass is 9.92. The van der Waals surface area contributed by atoms with Gasteiger partial charge in [-0.2, -0.15) is 9.29 Å². The zero-order valence-corrected chi connectivity index (χ0v) is 18.0. The van der Waals surface area contributed by atoms with Crippen molar-refractivity contribution in [3.8, 4) is 11.4 Å². The number of aromatic nitrogens is 3. The molecule has 0 unspecified atom stereocenters. The van der Waals surface area contributed by atoms with Crippen molar-refractivity contribution in [3.05, 3.63) is 59.2 Å². The number of hydrogen-bond donors (Lipinski definition) is 0. The predicted molar refractivity (Wildman–Crippen MR) is 112 cm³/mol. The minimum atomic E-state index is -3.56. The molecule has 30 heavy (non-hydrogen) atoms. The summed E-state index contributed by atoms with van der Waals surface area (Å²) >= 11 is 6.04. The van der Waals surface area contributed by atoms with E-state index in [1.165, 1.54) is 6.07 Å². The Morgan fingerprint density at radius 2 is 2.03 bits per heavy atom. The van der Waals surface area contributed by atoms with Crippen LogP contribution in [0.25, 0.3) is 11.4 Å². The van der Waals surface area contributed by atoms with Gasteiger partial charge < -0.3 is 4.52 Å². The van der Waals surface area contributed by atoms with E-state index in [1.807, 2.05) is 12.1 Å². The van der Waals surface area contributed by atoms with Gasteiger partial charge in [0, 0.05) is 42.0 Å². The van der Waals surface area contributed by atoms with Crippen molar-refractivity contribution in [1.82, 2.24) is 19.4 Å². The van der Waals surface area contributed by atoms with Gasteiger partial charge in [-0.15, -0.1) is 0 Å². The lowest BCUT2D eigenvalue weighted by Gasteiger charge is -2.32. The van der Waals surface area contributed by atoms with Gasteiger partial charge in [0.1, 0.15) is 0 Å². The lowest BCUT2D eigenvalue weighted by Crippen LogP contribution is -2.39. The van der Waals surface area contributed by atoms with Crippen LogP contribution in [0.1, 0.15) is 36.6 Å². The van der Waals surface area contributed by atoms with Crippen LogP contribution in [0.15, 0.2) is 52.1 Å². The number of halogens is 1. The van der Waals surface area contributed by atoms with E-state index in [0.29, 0.717) is 35.4 Å².